The number of hydrogen-bond acceptors (Lipinski definition) is 2. The molecule has 1 atom stereocenters. The van der Waals surface area contributed by atoms with Crippen LogP contribution in [-0.4, -0.2) is 18.2 Å². The summed E-state index contributed by atoms with van der Waals surface area (Å²) in [5.74, 6) is 0.238. The van der Waals surface area contributed by atoms with Gasteiger partial charge in [-0.3, -0.25) is 0 Å². The third-order valence-electron chi connectivity index (χ3n) is 2.21. The van der Waals surface area contributed by atoms with Gasteiger partial charge in [0.15, 0.2) is 0 Å². The van der Waals surface area contributed by atoms with Crippen molar-refractivity contribution in [2.75, 3.05) is 13.1 Å². The summed E-state index contributed by atoms with van der Waals surface area (Å²) >= 11 is 3.24. The topological polar surface area (TPSA) is 32.3 Å². The van der Waals surface area contributed by atoms with Gasteiger partial charge in [0.1, 0.15) is 5.82 Å². The molecule has 0 aromatic heterocycles. The van der Waals surface area contributed by atoms with Crippen LogP contribution in [-0.2, 0) is 0 Å². The summed E-state index contributed by atoms with van der Waals surface area (Å²) in [6.07, 6.45) is -0.617. The molecule has 0 heterocycles. The van der Waals surface area contributed by atoms with E-state index in [4.69, 9.17) is 0 Å². The molecule has 0 amide bonds. The minimum absolute atomic E-state index is 0.307. The lowest BCUT2D eigenvalue weighted by atomic mass is 10.1. The first-order valence-electron chi connectivity index (χ1n) is 5.34. The van der Waals surface area contributed by atoms with E-state index >= 15 is 0 Å². The lowest BCUT2D eigenvalue weighted by Crippen LogP contribution is -2.25. The van der Waals surface area contributed by atoms with Gasteiger partial charge < -0.3 is 10.4 Å². The fourth-order valence-corrected chi connectivity index (χ4v) is 2.01. The largest absolute Gasteiger partial charge is 0.387 e. The Morgan fingerprint density at radius 2 is 2.06 bits per heavy atom. The fourth-order valence-electron chi connectivity index (χ4n) is 1.39. The van der Waals surface area contributed by atoms with Crippen molar-refractivity contribution in [1.82, 2.24) is 5.32 Å². The van der Waals surface area contributed by atoms with E-state index in [9.17, 15) is 9.50 Å². The highest BCUT2D eigenvalue weighted by Gasteiger charge is 2.11. The zero-order chi connectivity index (χ0) is 12.1. The number of benzene rings is 1. The predicted molar refractivity (Wildman–Crippen MR) is 66.8 cm³/mol. The molecule has 2 N–H and O–H groups in total. The highest BCUT2D eigenvalue weighted by Crippen LogP contribution is 2.23. The summed E-state index contributed by atoms with van der Waals surface area (Å²) in [5.41, 5.74) is 0.706. The molecule has 90 valence electrons. The van der Waals surface area contributed by atoms with Crippen LogP contribution < -0.4 is 5.32 Å². The van der Waals surface area contributed by atoms with E-state index in [1.54, 1.807) is 6.07 Å². The van der Waals surface area contributed by atoms with Gasteiger partial charge >= 0.3 is 0 Å². The molecule has 2 nitrogen and oxygen atoms in total. The molecular weight excluding hydrogens is 273 g/mol. The zero-order valence-corrected chi connectivity index (χ0v) is 11.1. The van der Waals surface area contributed by atoms with Crippen LogP contribution in [0.25, 0.3) is 0 Å². The second-order valence-corrected chi connectivity index (χ2v) is 5.09. The van der Waals surface area contributed by atoms with Crippen LogP contribution in [0.15, 0.2) is 22.7 Å². The third kappa shape index (κ3) is 4.20. The SMILES string of the molecule is CC(C)CNCC(O)c1ccc(F)cc1Br. The van der Waals surface area contributed by atoms with Crippen LogP contribution in [0.1, 0.15) is 25.5 Å². The first-order valence-corrected chi connectivity index (χ1v) is 6.13. The van der Waals surface area contributed by atoms with Crippen LogP contribution in [0, 0.1) is 11.7 Å². The molecule has 4 heteroatoms. The average molecular weight is 290 g/mol. The summed E-state index contributed by atoms with van der Waals surface area (Å²) in [7, 11) is 0. The van der Waals surface area contributed by atoms with Crippen molar-refractivity contribution < 1.29 is 9.50 Å². The Bertz CT molecular complexity index is 344. The van der Waals surface area contributed by atoms with Crippen molar-refractivity contribution >= 4 is 15.9 Å². The molecule has 0 fully saturated rings. The van der Waals surface area contributed by atoms with Crippen molar-refractivity contribution in [3.05, 3.63) is 34.1 Å². The lowest BCUT2D eigenvalue weighted by molar-refractivity contribution is 0.172. The van der Waals surface area contributed by atoms with Gasteiger partial charge in [-0.15, -0.1) is 0 Å². The van der Waals surface area contributed by atoms with Crippen molar-refractivity contribution in [2.24, 2.45) is 5.92 Å². The minimum atomic E-state index is -0.617. The second-order valence-electron chi connectivity index (χ2n) is 4.23. The van der Waals surface area contributed by atoms with Crippen molar-refractivity contribution in [2.45, 2.75) is 20.0 Å². The van der Waals surface area contributed by atoms with Crippen molar-refractivity contribution in [3.63, 3.8) is 0 Å². The van der Waals surface area contributed by atoms with Gasteiger partial charge in [-0.25, -0.2) is 4.39 Å². The van der Waals surface area contributed by atoms with E-state index in [1.165, 1.54) is 12.1 Å². The Morgan fingerprint density at radius 3 is 2.62 bits per heavy atom. The molecule has 1 aromatic carbocycles. The Labute approximate surface area is 104 Å². The Kier molecular flexibility index (Phi) is 5.38. The van der Waals surface area contributed by atoms with Crippen LogP contribution in [0.5, 0.6) is 0 Å². The Hall–Kier alpha value is -0.450. The zero-order valence-electron chi connectivity index (χ0n) is 9.50. The molecule has 1 aromatic rings. The number of halogens is 2. The number of nitrogens with one attached hydrogen (secondary N) is 1. The highest BCUT2D eigenvalue weighted by atomic mass is 79.9. The normalized spacial score (nSPS) is 13.1. The molecular formula is C12H17BrFNO. The van der Waals surface area contributed by atoms with Crippen LogP contribution in [0.3, 0.4) is 0 Å². The van der Waals surface area contributed by atoms with Gasteiger partial charge in [-0.1, -0.05) is 35.8 Å². The maximum atomic E-state index is 12.8. The molecule has 0 saturated heterocycles. The van der Waals surface area contributed by atoms with Gasteiger partial charge in [0.05, 0.1) is 6.10 Å². The maximum absolute atomic E-state index is 12.8. The number of hydrogen-bond donors (Lipinski definition) is 2. The first kappa shape index (κ1) is 13.6. The molecule has 0 aliphatic rings. The van der Waals surface area contributed by atoms with Crippen molar-refractivity contribution in [3.8, 4) is 0 Å². The Balaban J connectivity index is 2.55. The summed E-state index contributed by atoms with van der Waals surface area (Å²) in [5, 5.41) is 13.1. The Morgan fingerprint density at radius 1 is 1.38 bits per heavy atom. The standard InChI is InChI=1S/C12H17BrFNO/c1-8(2)6-15-7-12(16)10-4-3-9(14)5-11(10)13/h3-5,8,12,15-16H,6-7H2,1-2H3. The lowest BCUT2D eigenvalue weighted by Gasteiger charge is -2.14. The van der Waals surface area contributed by atoms with Gasteiger partial charge in [0.2, 0.25) is 0 Å². The molecule has 16 heavy (non-hydrogen) atoms. The monoisotopic (exact) mass is 289 g/mol. The maximum Gasteiger partial charge on any atom is 0.124 e. The molecule has 0 spiro atoms. The van der Waals surface area contributed by atoms with Gasteiger partial charge in [0.25, 0.3) is 0 Å². The summed E-state index contributed by atoms with van der Waals surface area (Å²) in [4.78, 5) is 0. The van der Waals surface area contributed by atoms with Crippen molar-refractivity contribution in [1.29, 1.82) is 0 Å². The van der Waals surface area contributed by atoms with Crippen LogP contribution in [0.2, 0.25) is 0 Å². The van der Waals surface area contributed by atoms with E-state index in [2.05, 4.69) is 35.1 Å². The fraction of sp³-hybridized carbons (Fsp3) is 0.500. The molecule has 1 rings (SSSR count). The quantitative estimate of drug-likeness (QED) is 0.874. The summed E-state index contributed by atoms with van der Waals surface area (Å²) in [6.45, 7) is 5.54. The molecule has 0 bridgehead atoms. The third-order valence-corrected chi connectivity index (χ3v) is 2.90. The predicted octanol–water partition coefficient (Wildman–Crippen LogP) is 2.87. The second kappa shape index (κ2) is 6.33. The number of aliphatic hydroxyl groups excluding tert-OH is 1. The molecule has 0 aliphatic carbocycles. The van der Waals surface area contributed by atoms with E-state index in [1.807, 2.05) is 0 Å². The summed E-state index contributed by atoms with van der Waals surface area (Å²) in [6, 6.07) is 4.31. The van der Waals surface area contributed by atoms with E-state index < -0.39 is 6.10 Å². The van der Waals surface area contributed by atoms with E-state index in [0.717, 1.165) is 6.54 Å². The average Bonchev–Trinajstić information content (AvgIpc) is 2.16. The highest BCUT2D eigenvalue weighted by molar-refractivity contribution is 9.10. The van der Waals surface area contributed by atoms with Gasteiger partial charge in [-0.2, -0.15) is 0 Å². The summed E-state index contributed by atoms with van der Waals surface area (Å²) < 4.78 is 13.4. The number of rotatable bonds is 5. The first-order chi connectivity index (χ1) is 7.50. The smallest absolute Gasteiger partial charge is 0.124 e. The van der Waals surface area contributed by atoms with Gasteiger partial charge in [-0.05, 0) is 30.2 Å². The molecule has 0 radical (unpaired) electrons. The molecule has 0 aliphatic heterocycles. The molecule has 1 unspecified atom stereocenters. The van der Waals surface area contributed by atoms with E-state index in [0.29, 0.717) is 22.5 Å². The van der Waals surface area contributed by atoms with Gasteiger partial charge in [0, 0.05) is 11.0 Å². The van der Waals surface area contributed by atoms with E-state index in [-0.39, 0.29) is 5.82 Å². The molecule has 0 saturated carbocycles. The number of aliphatic hydroxyl groups is 1. The van der Waals surface area contributed by atoms with Crippen LogP contribution in [0.4, 0.5) is 4.39 Å². The van der Waals surface area contributed by atoms with Crippen LogP contribution >= 0.6 is 15.9 Å². The minimum Gasteiger partial charge on any atom is -0.387 e.